The lowest BCUT2D eigenvalue weighted by molar-refractivity contribution is 0.414. The average Bonchev–Trinajstić information content (AvgIpc) is 2.04. The molecule has 1 atom stereocenters. The minimum absolute atomic E-state index is 0.0534. The van der Waals surface area contributed by atoms with Gasteiger partial charge in [-0.1, -0.05) is 18.2 Å². The van der Waals surface area contributed by atoms with Crippen molar-refractivity contribution in [3.63, 3.8) is 0 Å². The summed E-state index contributed by atoms with van der Waals surface area (Å²) >= 11 is 0. The van der Waals surface area contributed by atoms with E-state index in [9.17, 15) is 4.39 Å². The smallest absolute Gasteiger partial charge is 0.120 e. The predicted octanol–water partition coefficient (Wildman–Crippen LogP) is 1.36. The molecule has 3 N–H and O–H groups in total. The van der Waals surface area contributed by atoms with Gasteiger partial charge in [0.15, 0.2) is 0 Å². The molecule has 1 aromatic rings. The van der Waals surface area contributed by atoms with Gasteiger partial charge >= 0.3 is 0 Å². The van der Waals surface area contributed by atoms with Crippen molar-refractivity contribution in [3.05, 3.63) is 29.8 Å². The fraction of sp³-hybridized carbons (Fsp3) is 0.250. The molecular weight excluding hydrogens is 145 g/mol. The lowest BCUT2D eigenvalue weighted by Gasteiger charge is -2.08. The molecule has 0 aromatic heterocycles. The molecule has 0 saturated carbocycles. The van der Waals surface area contributed by atoms with Crippen molar-refractivity contribution in [3.8, 4) is 5.75 Å². The molecule has 1 aromatic carbocycles. The summed E-state index contributed by atoms with van der Waals surface area (Å²) < 4.78 is 12.0. The second-order valence-electron chi connectivity index (χ2n) is 2.32. The number of benzene rings is 1. The molecule has 11 heavy (non-hydrogen) atoms. The van der Waals surface area contributed by atoms with Gasteiger partial charge in [-0.25, -0.2) is 4.39 Å². The average molecular weight is 155 g/mol. The van der Waals surface area contributed by atoms with Crippen molar-refractivity contribution in [1.29, 1.82) is 0 Å². The van der Waals surface area contributed by atoms with E-state index in [1.54, 1.807) is 18.2 Å². The first-order valence-corrected chi connectivity index (χ1v) is 3.35. The zero-order valence-corrected chi connectivity index (χ0v) is 6.00. The van der Waals surface area contributed by atoms with Gasteiger partial charge in [-0.2, -0.15) is 0 Å². The molecule has 0 aliphatic rings. The number of hydrogen-bond donors (Lipinski definition) is 2. The summed E-state index contributed by atoms with van der Waals surface area (Å²) in [7, 11) is 0. The van der Waals surface area contributed by atoms with Crippen molar-refractivity contribution in [2.24, 2.45) is 5.73 Å². The molecule has 0 saturated heterocycles. The fourth-order valence-corrected chi connectivity index (χ4v) is 0.884. The number of hydrogen-bond acceptors (Lipinski definition) is 2. The van der Waals surface area contributed by atoms with E-state index >= 15 is 0 Å². The number of nitrogens with two attached hydrogens (primary N) is 1. The Kier molecular flexibility index (Phi) is 2.44. The van der Waals surface area contributed by atoms with Crippen LogP contribution in [0.1, 0.15) is 11.6 Å². The normalized spacial score (nSPS) is 12.9. The van der Waals surface area contributed by atoms with Gasteiger partial charge < -0.3 is 10.8 Å². The van der Waals surface area contributed by atoms with Crippen molar-refractivity contribution in [2.75, 3.05) is 6.67 Å². The third-order valence-electron chi connectivity index (χ3n) is 1.50. The zero-order chi connectivity index (χ0) is 8.27. The lowest BCUT2D eigenvalue weighted by atomic mass is 10.1. The third-order valence-corrected chi connectivity index (χ3v) is 1.50. The lowest BCUT2D eigenvalue weighted by Crippen LogP contribution is -2.11. The van der Waals surface area contributed by atoms with Gasteiger partial charge in [-0.3, -0.25) is 0 Å². The van der Waals surface area contributed by atoms with Crippen LogP contribution >= 0.6 is 0 Å². The van der Waals surface area contributed by atoms with Crippen molar-refractivity contribution in [1.82, 2.24) is 0 Å². The Morgan fingerprint density at radius 2 is 2.09 bits per heavy atom. The van der Waals surface area contributed by atoms with Gasteiger partial charge in [0.2, 0.25) is 0 Å². The van der Waals surface area contributed by atoms with Crippen LogP contribution in [0, 0.1) is 0 Å². The second-order valence-corrected chi connectivity index (χ2v) is 2.32. The number of para-hydroxylation sites is 1. The number of alkyl halides is 1. The number of phenols is 1. The van der Waals surface area contributed by atoms with Crippen LogP contribution in [0.25, 0.3) is 0 Å². The van der Waals surface area contributed by atoms with E-state index in [2.05, 4.69) is 0 Å². The topological polar surface area (TPSA) is 46.2 Å². The first-order valence-electron chi connectivity index (χ1n) is 3.35. The summed E-state index contributed by atoms with van der Waals surface area (Å²) in [6.45, 7) is -0.655. The van der Waals surface area contributed by atoms with Crippen LogP contribution in [0.3, 0.4) is 0 Å². The van der Waals surface area contributed by atoms with Crippen molar-refractivity contribution >= 4 is 0 Å². The highest BCUT2D eigenvalue weighted by atomic mass is 19.1. The van der Waals surface area contributed by atoms with E-state index in [-0.39, 0.29) is 5.75 Å². The van der Waals surface area contributed by atoms with Gasteiger partial charge in [-0.15, -0.1) is 0 Å². The molecule has 0 aliphatic heterocycles. The Balaban J connectivity index is 2.93. The monoisotopic (exact) mass is 155 g/mol. The van der Waals surface area contributed by atoms with Crippen LogP contribution in [-0.4, -0.2) is 11.8 Å². The Morgan fingerprint density at radius 3 is 2.64 bits per heavy atom. The number of rotatable bonds is 2. The maximum absolute atomic E-state index is 12.0. The van der Waals surface area contributed by atoms with Gasteiger partial charge in [-0.05, 0) is 6.07 Å². The highest BCUT2D eigenvalue weighted by Gasteiger charge is 2.08. The summed E-state index contributed by atoms with van der Waals surface area (Å²) in [6.07, 6.45) is 0. The Bertz CT molecular complexity index is 239. The second kappa shape index (κ2) is 3.34. The van der Waals surface area contributed by atoms with Crippen molar-refractivity contribution < 1.29 is 9.50 Å². The molecule has 0 aliphatic carbocycles. The highest BCUT2D eigenvalue weighted by Crippen LogP contribution is 2.21. The number of phenolic OH excluding ortho intramolecular Hbond substituents is 1. The standard InChI is InChI=1S/C8H10FNO/c9-5-7(10)6-3-1-2-4-8(6)11/h1-4,7,11H,5,10H2. The molecule has 60 valence electrons. The van der Waals surface area contributed by atoms with Crippen molar-refractivity contribution in [2.45, 2.75) is 6.04 Å². The number of aromatic hydroxyl groups is 1. The molecule has 0 fully saturated rings. The molecule has 0 radical (unpaired) electrons. The molecule has 1 unspecified atom stereocenters. The molecule has 0 amide bonds. The predicted molar refractivity (Wildman–Crippen MR) is 41.0 cm³/mol. The van der Waals surface area contributed by atoms with Gasteiger partial charge in [0.1, 0.15) is 12.4 Å². The van der Waals surface area contributed by atoms with Gasteiger partial charge in [0, 0.05) is 5.56 Å². The van der Waals surface area contributed by atoms with Crippen LogP contribution < -0.4 is 5.73 Å². The maximum Gasteiger partial charge on any atom is 0.120 e. The Labute approximate surface area is 64.5 Å². The molecule has 0 heterocycles. The summed E-state index contributed by atoms with van der Waals surface area (Å²) in [6, 6.07) is 5.77. The summed E-state index contributed by atoms with van der Waals surface area (Å²) in [5.74, 6) is 0.0534. The summed E-state index contributed by atoms with van der Waals surface area (Å²) in [4.78, 5) is 0. The minimum Gasteiger partial charge on any atom is -0.508 e. The first kappa shape index (κ1) is 8.01. The molecule has 1 rings (SSSR count). The summed E-state index contributed by atoms with van der Waals surface area (Å²) in [5.41, 5.74) is 5.81. The van der Waals surface area contributed by atoms with Gasteiger partial charge in [0.05, 0.1) is 6.04 Å². The maximum atomic E-state index is 12.0. The highest BCUT2D eigenvalue weighted by molar-refractivity contribution is 5.34. The molecule has 0 spiro atoms. The first-order chi connectivity index (χ1) is 5.25. The molecule has 3 heteroatoms. The van der Waals surface area contributed by atoms with E-state index < -0.39 is 12.7 Å². The van der Waals surface area contributed by atoms with Crippen LogP contribution in [0.4, 0.5) is 4.39 Å². The Hall–Kier alpha value is -1.09. The number of halogens is 1. The van der Waals surface area contributed by atoms with Crippen LogP contribution in [-0.2, 0) is 0 Å². The van der Waals surface area contributed by atoms with Gasteiger partial charge in [0.25, 0.3) is 0 Å². The van der Waals surface area contributed by atoms with Crippen LogP contribution in [0.2, 0.25) is 0 Å². The van der Waals surface area contributed by atoms with E-state index in [1.165, 1.54) is 6.07 Å². The summed E-state index contributed by atoms with van der Waals surface area (Å²) in [5, 5.41) is 9.17. The van der Waals surface area contributed by atoms with E-state index in [4.69, 9.17) is 10.8 Å². The van der Waals surface area contributed by atoms with E-state index in [1.807, 2.05) is 0 Å². The zero-order valence-electron chi connectivity index (χ0n) is 6.00. The van der Waals surface area contributed by atoms with Crippen LogP contribution in [0.5, 0.6) is 5.75 Å². The molecule has 0 bridgehead atoms. The minimum atomic E-state index is -0.712. The molecular formula is C8H10FNO. The fourth-order valence-electron chi connectivity index (χ4n) is 0.884. The third kappa shape index (κ3) is 1.68. The quantitative estimate of drug-likeness (QED) is 0.677. The van der Waals surface area contributed by atoms with E-state index in [0.29, 0.717) is 5.56 Å². The molecule has 2 nitrogen and oxygen atoms in total. The SMILES string of the molecule is NC(CF)c1ccccc1O. The van der Waals surface area contributed by atoms with Crippen LogP contribution in [0.15, 0.2) is 24.3 Å². The Morgan fingerprint density at radius 1 is 1.45 bits per heavy atom. The largest absolute Gasteiger partial charge is 0.508 e. The van der Waals surface area contributed by atoms with E-state index in [0.717, 1.165) is 0 Å².